The van der Waals surface area contributed by atoms with Gasteiger partial charge in [0, 0.05) is 95.2 Å². The first-order chi connectivity index (χ1) is 50.4. The van der Waals surface area contributed by atoms with Crippen molar-refractivity contribution in [3.8, 4) is 55.6 Å². The summed E-state index contributed by atoms with van der Waals surface area (Å²) in [4.78, 5) is 27.8. The first-order valence-corrected chi connectivity index (χ1v) is 47.5. The minimum atomic E-state index is -3.97. The van der Waals surface area contributed by atoms with E-state index in [1.807, 2.05) is 61.3 Å². The molecule has 3 radical (unpaired) electrons. The van der Waals surface area contributed by atoms with Crippen molar-refractivity contribution in [2.24, 2.45) is 0 Å². The van der Waals surface area contributed by atoms with Gasteiger partial charge in [-0.1, -0.05) is 252 Å². The minimum Gasteiger partial charge on any atom is -0.748 e. The third-order valence-electron chi connectivity index (χ3n) is 18.4. The van der Waals surface area contributed by atoms with E-state index in [9.17, 15) is 25.9 Å². The zero-order chi connectivity index (χ0) is 74.6. The summed E-state index contributed by atoms with van der Waals surface area (Å²) in [7, 11) is -9.39. The molecule has 0 saturated heterocycles. The van der Waals surface area contributed by atoms with E-state index in [0.29, 0.717) is 17.9 Å². The monoisotopic (exact) mass is 1580 g/mol. The molecule has 0 spiro atoms. The quantitative estimate of drug-likeness (QED) is 0.0218. The molecule has 0 aliphatic carbocycles. The van der Waals surface area contributed by atoms with Gasteiger partial charge in [-0.25, -0.2) is 16.8 Å². The van der Waals surface area contributed by atoms with Crippen molar-refractivity contribution in [3.63, 3.8) is 0 Å². The number of hydrogen-bond donors (Lipinski definition) is 0. The second kappa shape index (κ2) is 37.4. The molecule has 14 rings (SSSR count). The van der Waals surface area contributed by atoms with Gasteiger partial charge in [-0.3, -0.25) is 24.9 Å². The Kier molecular flexibility index (Phi) is 28.5. The van der Waals surface area contributed by atoms with Gasteiger partial charge in [0.25, 0.3) is 0 Å². The molecule has 14 aromatic rings. The van der Waals surface area contributed by atoms with Gasteiger partial charge in [-0.05, 0) is 140 Å². The van der Waals surface area contributed by atoms with Gasteiger partial charge < -0.3 is 14.1 Å². The summed E-state index contributed by atoms with van der Waals surface area (Å²) in [6.07, 6.45) is 20.7. The van der Waals surface area contributed by atoms with Crippen LogP contribution in [0.25, 0.3) is 121 Å². The van der Waals surface area contributed by atoms with Gasteiger partial charge in [0.2, 0.25) is 0 Å². The van der Waals surface area contributed by atoms with Crippen molar-refractivity contribution in [1.29, 1.82) is 0 Å². The average Bonchev–Trinajstić information content (AvgIpc) is 1.02. The van der Waals surface area contributed by atoms with E-state index in [0.717, 1.165) is 113 Å². The molecule has 0 unspecified atom stereocenters. The van der Waals surface area contributed by atoms with Crippen molar-refractivity contribution in [2.45, 2.75) is 101 Å². The fourth-order valence-corrected chi connectivity index (χ4v) is 18.1. The number of pyridine rings is 6. The Hall–Kier alpha value is -9.21. The number of aryl methyl sites for hydroxylation is 1. The molecule has 18 heteroatoms. The Bertz CT molecular complexity index is 5060. The van der Waals surface area contributed by atoms with Crippen molar-refractivity contribution >= 4 is 111 Å². The van der Waals surface area contributed by atoms with Crippen LogP contribution in [0.4, 0.5) is 0 Å². The van der Waals surface area contributed by atoms with Gasteiger partial charge in [-0.15, -0.1) is 36.7 Å². The van der Waals surface area contributed by atoms with Crippen LogP contribution in [0.5, 0.6) is 0 Å². The maximum Gasteiger partial charge on any atom is 3.00 e. The van der Waals surface area contributed by atoms with Gasteiger partial charge >= 0.3 is 19.5 Å². The van der Waals surface area contributed by atoms with Crippen LogP contribution in [-0.2, 0) is 46.1 Å². The van der Waals surface area contributed by atoms with Crippen LogP contribution < -0.4 is 0 Å². The molecule has 0 aliphatic heterocycles. The molecule has 0 fully saturated rings. The molecule has 0 bridgehead atoms. The molecule has 0 atom stereocenters. The summed E-state index contributed by atoms with van der Waals surface area (Å²) >= 11 is 0. The van der Waals surface area contributed by atoms with E-state index in [-0.39, 0.29) is 31.0 Å². The Morgan fingerprint density at radius 2 is 0.698 bits per heavy atom. The number of rotatable bonds is 21. The van der Waals surface area contributed by atoms with Crippen molar-refractivity contribution in [2.75, 3.05) is 11.5 Å². The topological polar surface area (TPSA) is 192 Å². The Balaban J connectivity index is 0.000000161. The summed E-state index contributed by atoms with van der Waals surface area (Å²) in [5, 5.41) is 6.93. The molecule has 8 aromatic carbocycles. The minimum absolute atomic E-state index is 0. The standard InChI is InChI=1S/C28H27N2Si.2C24H16N2.2C6H16O3SSi.Ru/c1-4-16-28(31-3,17-5-2)18-14-21-8-10-22(11-9-21)24-15-20-30-27-25(24)13-12-23-7-6-19-29-26(23)27;2*1-3-7-17(8-4-1)19-13-15-25-23-21(19)11-12-22-20(14-16-26-24(22)23)18-9-5-2-6-10-18;2*1-11(2,3)6-4-5-10(7,8)9;/h4-6,8-13,15,19-20H,1-2,14,16-18H2,3H3;2*1-16H;2*4-6H2,1-3H3,(H,7,8,9);/q-1;;;;;+3/p-2. The molecule has 539 valence electrons. The second-order valence-corrected chi connectivity index (χ2v) is 44.3. The zero-order valence-electron chi connectivity index (χ0n) is 61.2. The third kappa shape index (κ3) is 22.2. The van der Waals surface area contributed by atoms with Gasteiger partial charge in [0.05, 0.1) is 47.8 Å². The summed E-state index contributed by atoms with van der Waals surface area (Å²) in [6, 6.07) is 80.9. The van der Waals surface area contributed by atoms with Crippen LogP contribution in [0, 0.1) is 6.07 Å². The van der Waals surface area contributed by atoms with E-state index in [1.165, 1.54) is 61.2 Å². The fraction of sp³-hybridized carbons (Fsp3) is 0.205. The summed E-state index contributed by atoms with van der Waals surface area (Å²) in [6.45, 7) is 23.2. The van der Waals surface area contributed by atoms with E-state index < -0.39 is 36.4 Å². The van der Waals surface area contributed by atoms with Gasteiger partial charge in [0.15, 0.2) is 0 Å². The predicted octanol–water partition coefficient (Wildman–Crippen LogP) is 22.0. The number of allylic oxidation sites excluding steroid dienone is 2. The maximum absolute atomic E-state index is 10.2. The Morgan fingerprint density at radius 1 is 0.406 bits per heavy atom. The number of fused-ring (bicyclic) bond motifs is 9. The predicted molar refractivity (Wildman–Crippen MR) is 444 cm³/mol. The molecule has 12 nitrogen and oxygen atoms in total. The van der Waals surface area contributed by atoms with E-state index in [2.05, 4.69) is 295 Å². The number of hydrogen-bond acceptors (Lipinski definition) is 12. The van der Waals surface area contributed by atoms with E-state index >= 15 is 0 Å². The van der Waals surface area contributed by atoms with Crippen LogP contribution in [0.2, 0.25) is 63.0 Å². The van der Waals surface area contributed by atoms with Gasteiger partial charge in [-0.2, -0.15) is 0 Å². The summed E-state index contributed by atoms with van der Waals surface area (Å²) in [5.74, 6) is -0.394. The fourth-order valence-electron chi connectivity index (χ4n) is 13.0. The van der Waals surface area contributed by atoms with Crippen molar-refractivity contribution < 1.29 is 45.4 Å². The van der Waals surface area contributed by atoms with Crippen LogP contribution >= 0.6 is 0 Å². The summed E-state index contributed by atoms with van der Waals surface area (Å²) in [5.41, 5.74) is 18.9. The number of benzene rings is 8. The van der Waals surface area contributed by atoms with Crippen LogP contribution in [0.15, 0.2) is 281 Å². The zero-order valence-corrected chi connectivity index (χ0v) is 67.6. The molecule has 6 aromatic heterocycles. The Morgan fingerprint density at radius 3 is 0.991 bits per heavy atom. The number of nitrogens with zero attached hydrogens (tertiary/aromatic N) is 6. The molecule has 0 amide bonds. The van der Waals surface area contributed by atoms with Crippen molar-refractivity contribution in [1.82, 2.24) is 29.9 Å². The largest absolute Gasteiger partial charge is 3.00 e. The van der Waals surface area contributed by atoms with Crippen LogP contribution in [-0.4, -0.2) is 93.0 Å². The average molecular weight is 1580 g/mol. The third-order valence-corrected chi connectivity index (χ3v) is 25.4. The molecular weight excluding hydrogens is 1490 g/mol. The second-order valence-electron chi connectivity index (χ2n) is 28.5. The van der Waals surface area contributed by atoms with Crippen LogP contribution in [0.1, 0.15) is 37.7 Å². The SMILES string of the molecule is C=CCC(CC=C)(CCc1ccc(-c2ccnc3c2ccc2[c-]ccnc23)cc1)[Si]C.C[Si](C)(C)CCCS(=O)(=O)[O-].C[Si](C)(C)CCCS(=O)(=O)[O-].[Ru+3].c1ccc(-c2ccnc3c2ccc2c(-c4ccccc4)ccnc23)cc1.c1ccc(-c2ccnc3c2ccc2c(-c4ccccc4)ccnc23)cc1. The molecular formula is C88H89N6O6RuS2Si3. The molecule has 0 N–H and O–H groups in total. The Labute approximate surface area is 642 Å². The molecule has 106 heavy (non-hydrogen) atoms. The smallest absolute Gasteiger partial charge is 0.748 e. The first-order valence-electron chi connectivity index (χ1n) is 35.4. The molecule has 0 aliphatic rings. The van der Waals surface area contributed by atoms with Gasteiger partial charge in [0.1, 0.15) is 0 Å². The van der Waals surface area contributed by atoms with E-state index in [4.69, 9.17) is 0 Å². The van der Waals surface area contributed by atoms with Crippen LogP contribution in [0.3, 0.4) is 0 Å². The van der Waals surface area contributed by atoms with E-state index in [1.54, 1.807) is 6.20 Å². The summed E-state index contributed by atoms with van der Waals surface area (Å²) < 4.78 is 61.1. The number of aromatic nitrogens is 6. The van der Waals surface area contributed by atoms with Crippen molar-refractivity contribution in [3.05, 3.63) is 293 Å². The molecule has 0 saturated carbocycles. The first kappa shape index (κ1) is 80.9. The molecule has 6 heterocycles. The maximum atomic E-state index is 10.2. The normalized spacial score (nSPS) is 11.6.